The summed E-state index contributed by atoms with van der Waals surface area (Å²) in [6.07, 6.45) is 3.84. The molecule has 2 bridgehead atoms. The molecule has 1 saturated heterocycles. The van der Waals surface area contributed by atoms with E-state index in [1.807, 2.05) is 4.90 Å². The van der Waals surface area contributed by atoms with Gasteiger partial charge in [0.1, 0.15) is 0 Å². The van der Waals surface area contributed by atoms with Crippen molar-refractivity contribution in [3.05, 3.63) is 0 Å². The van der Waals surface area contributed by atoms with Gasteiger partial charge >= 0.3 is 5.97 Å². The number of carboxylic acids is 1. The largest absolute Gasteiger partial charge is 0.481 e. The van der Waals surface area contributed by atoms with Gasteiger partial charge < -0.3 is 10.0 Å². The van der Waals surface area contributed by atoms with Crippen LogP contribution in [-0.2, 0) is 9.59 Å². The predicted molar refractivity (Wildman–Crippen MR) is 70.5 cm³/mol. The molecule has 19 heavy (non-hydrogen) atoms. The number of carbonyl (C=O) groups excluding carboxylic acids is 1. The van der Waals surface area contributed by atoms with Crippen molar-refractivity contribution in [1.29, 1.82) is 0 Å². The van der Waals surface area contributed by atoms with Gasteiger partial charge in [-0.1, -0.05) is 20.8 Å². The maximum absolute atomic E-state index is 12.5. The Morgan fingerprint density at radius 2 is 1.84 bits per heavy atom. The normalized spacial score (nSPS) is 43.1. The van der Waals surface area contributed by atoms with Gasteiger partial charge in [0.2, 0.25) is 5.91 Å². The SMILES string of the molecule is CC1(C)CC2CC(C)(CN2C(=O)C2CC2C(=O)O)C1. The van der Waals surface area contributed by atoms with Gasteiger partial charge in [0.15, 0.2) is 0 Å². The maximum atomic E-state index is 12.5. The third kappa shape index (κ3) is 2.15. The number of rotatable bonds is 2. The maximum Gasteiger partial charge on any atom is 0.307 e. The summed E-state index contributed by atoms with van der Waals surface area (Å²) < 4.78 is 0. The monoisotopic (exact) mass is 265 g/mol. The van der Waals surface area contributed by atoms with E-state index in [4.69, 9.17) is 5.11 Å². The van der Waals surface area contributed by atoms with Crippen LogP contribution in [0.15, 0.2) is 0 Å². The number of aliphatic carboxylic acids is 1. The number of carboxylic acid groups (broad SMARTS) is 1. The fraction of sp³-hybridized carbons (Fsp3) is 0.867. The van der Waals surface area contributed by atoms with Crippen molar-refractivity contribution in [1.82, 2.24) is 4.90 Å². The number of likely N-dealkylation sites (tertiary alicyclic amines) is 1. The highest BCUT2D eigenvalue weighted by molar-refractivity contribution is 5.89. The summed E-state index contributed by atoms with van der Waals surface area (Å²) >= 11 is 0. The Balaban J connectivity index is 1.74. The van der Waals surface area contributed by atoms with Crippen molar-refractivity contribution >= 4 is 11.9 Å². The quantitative estimate of drug-likeness (QED) is 0.832. The van der Waals surface area contributed by atoms with E-state index in [1.54, 1.807) is 0 Å². The van der Waals surface area contributed by atoms with Crippen molar-refractivity contribution in [2.24, 2.45) is 22.7 Å². The molecule has 1 amide bonds. The molecule has 0 aromatic heterocycles. The van der Waals surface area contributed by atoms with Crippen LogP contribution in [0.3, 0.4) is 0 Å². The van der Waals surface area contributed by atoms with Crippen LogP contribution in [0.5, 0.6) is 0 Å². The summed E-state index contributed by atoms with van der Waals surface area (Å²) in [6, 6.07) is 0.330. The molecule has 1 N–H and O–H groups in total. The second-order valence-electron chi connectivity index (χ2n) is 7.97. The highest BCUT2D eigenvalue weighted by Gasteiger charge is 2.56. The van der Waals surface area contributed by atoms with E-state index in [9.17, 15) is 9.59 Å². The average molecular weight is 265 g/mol. The molecule has 2 saturated carbocycles. The van der Waals surface area contributed by atoms with E-state index < -0.39 is 11.9 Å². The molecular formula is C15H23NO3. The van der Waals surface area contributed by atoms with E-state index >= 15 is 0 Å². The minimum absolute atomic E-state index is 0.0961. The van der Waals surface area contributed by atoms with E-state index in [0.717, 1.165) is 25.8 Å². The molecule has 4 unspecified atom stereocenters. The van der Waals surface area contributed by atoms with Gasteiger partial charge in [0, 0.05) is 12.6 Å². The summed E-state index contributed by atoms with van der Waals surface area (Å²) in [5, 5.41) is 8.97. The summed E-state index contributed by atoms with van der Waals surface area (Å²) in [7, 11) is 0. The van der Waals surface area contributed by atoms with Gasteiger partial charge in [-0.05, 0) is 36.5 Å². The Kier molecular flexibility index (Phi) is 2.55. The first-order valence-electron chi connectivity index (χ1n) is 7.24. The molecule has 3 aliphatic rings. The lowest BCUT2D eigenvalue weighted by atomic mass is 9.65. The molecule has 2 aliphatic carbocycles. The first kappa shape index (κ1) is 12.9. The van der Waals surface area contributed by atoms with Crippen LogP contribution in [-0.4, -0.2) is 34.5 Å². The van der Waals surface area contributed by atoms with Gasteiger partial charge in [0.25, 0.3) is 0 Å². The molecule has 1 heterocycles. The van der Waals surface area contributed by atoms with E-state index in [2.05, 4.69) is 20.8 Å². The fourth-order valence-corrected chi connectivity index (χ4v) is 4.67. The van der Waals surface area contributed by atoms with Gasteiger partial charge in [-0.15, -0.1) is 0 Å². The van der Waals surface area contributed by atoms with Crippen LogP contribution in [0.4, 0.5) is 0 Å². The van der Waals surface area contributed by atoms with Crippen LogP contribution in [0.2, 0.25) is 0 Å². The average Bonchev–Trinajstić information content (AvgIpc) is 2.97. The number of fused-ring (bicyclic) bond motifs is 2. The first-order chi connectivity index (χ1) is 8.71. The zero-order chi connectivity index (χ0) is 14.0. The molecule has 106 valence electrons. The first-order valence-corrected chi connectivity index (χ1v) is 7.24. The van der Waals surface area contributed by atoms with Crippen molar-refractivity contribution in [2.45, 2.75) is 52.5 Å². The lowest BCUT2D eigenvalue weighted by Crippen LogP contribution is -2.39. The lowest BCUT2D eigenvalue weighted by molar-refractivity contribution is -0.142. The molecule has 4 nitrogen and oxygen atoms in total. The number of hydrogen-bond donors (Lipinski definition) is 1. The standard InChI is InChI=1S/C15H23NO3/c1-14(2)5-9-6-15(3,7-14)8-16(9)12(17)10-4-11(10)13(18)19/h9-11H,4-8H2,1-3H3,(H,18,19). The minimum atomic E-state index is -0.813. The van der Waals surface area contributed by atoms with Crippen LogP contribution in [0, 0.1) is 22.7 Å². The van der Waals surface area contributed by atoms with E-state index in [-0.39, 0.29) is 17.2 Å². The fourth-order valence-electron chi connectivity index (χ4n) is 4.67. The Labute approximate surface area is 114 Å². The topological polar surface area (TPSA) is 57.6 Å². The molecule has 0 spiro atoms. The molecule has 0 aromatic rings. The summed E-state index contributed by atoms with van der Waals surface area (Å²) in [4.78, 5) is 25.4. The molecular weight excluding hydrogens is 242 g/mol. The Morgan fingerprint density at radius 3 is 2.42 bits per heavy atom. The van der Waals surface area contributed by atoms with Crippen LogP contribution in [0.25, 0.3) is 0 Å². The summed E-state index contributed by atoms with van der Waals surface area (Å²) in [5.41, 5.74) is 0.526. The van der Waals surface area contributed by atoms with Crippen molar-refractivity contribution in [3.63, 3.8) is 0 Å². The number of hydrogen-bond acceptors (Lipinski definition) is 2. The van der Waals surface area contributed by atoms with Crippen LogP contribution in [0.1, 0.15) is 46.5 Å². The second kappa shape index (κ2) is 3.74. The van der Waals surface area contributed by atoms with Crippen LogP contribution >= 0.6 is 0 Å². The second-order valence-corrected chi connectivity index (χ2v) is 7.97. The third-order valence-electron chi connectivity index (χ3n) is 5.12. The minimum Gasteiger partial charge on any atom is -0.481 e. The molecule has 4 heteroatoms. The smallest absolute Gasteiger partial charge is 0.307 e. The van der Waals surface area contributed by atoms with Crippen molar-refractivity contribution in [2.75, 3.05) is 6.54 Å². The zero-order valence-corrected chi connectivity index (χ0v) is 12.0. The molecule has 3 fully saturated rings. The predicted octanol–water partition coefficient (Wildman–Crippen LogP) is 2.13. The molecule has 4 atom stereocenters. The zero-order valence-electron chi connectivity index (χ0n) is 12.0. The highest BCUT2D eigenvalue weighted by atomic mass is 16.4. The molecule has 1 aliphatic heterocycles. The third-order valence-corrected chi connectivity index (χ3v) is 5.12. The van der Waals surface area contributed by atoms with E-state index in [0.29, 0.717) is 17.9 Å². The lowest BCUT2D eigenvalue weighted by Gasteiger charge is -2.39. The number of amides is 1. The Hall–Kier alpha value is -1.06. The van der Waals surface area contributed by atoms with Gasteiger partial charge in [-0.3, -0.25) is 9.59 Å². The Bertz CT molecular complexity index is 445. The van der Waals surface area contributed by atoms with E-state index in [1.165, 1.54) is 0 Å². The molecule has 0 radical (unpaired) electrons. The van der Waals surface area contributed by atoms with Crippen LogP contribution < -0.4 is 0 Å². The van der Waals surface area contributed by atoms with Crippen molar-refractivity contribution < 1.29 is 14.7 Å². The van der Waals surface area contributed by atoms with Gasteiger partial charge in [0.05, 0.1) is 11.8 Å². The number of carbonyl (C=O) groups is 2. The highest BCUT2D eigenvalue weighted by Crippen LogP contribution is 2.54. The van der Waals surface area contributed by atoms with Crippen molar-refractivity contribution in [3.8, 4) is 0 Å². The van der Waals surface area contributed by atoms with Gasteiger partial charge in [-0.2, -0.15) is 0 Å². The number of nitrogens with zero attached hydrogens (tertiary/aromatic N) is 1. The molecule has 3 rings (SSSR count). The Morgan fingerprint density at radius 1 is 1.16 bits per heavy atom. The molecule has 0 aromatic carbocycles. The summed E-state index contributed by atoms with van der Waals surface area (Å²) in [6.45, 7) is 7.66. The summed E-state index contributed by atoms with van der Waals surface area (Å²) in [5.74, 6) is -1.39. The van der Waals surface area contributed by atoms with Gasteiger partial charge in [-0.25, -0.2) is 0 Å².